The third-order valence-corrected chi connectivity index (χ3v) is 2.46. The molecule has 2 rings (SSSR count). The molecule has 0 bridgehead atoms. The highest BCUT2D eigenvalue weighted by Gasteiger charge is 2.20. The number of ether oxygens (including phenoxy) is 3. The lowest BCUT2D eigenvalue weighted by atomic mass is 10.1. The second-order valence-corrected chi connectivity index (χ2v) is 3.52. The van der Waals surface area contributed by atoms with E-state index in [1.807, 2.05) is 13.0 Å². The average molecular weight is 224 g/mol. The molecule has 0 unspecified atom stereocenters. The van der Waals surface area contributed by atoms with Gasteiger partial charge in [0.1, 0.15) is 5.75 Å². The van der Waals surface area contributed by atoms with Gasteiger partial charge in [0.15, 0.2) is 11.5 Å². The molecule has 1 aliphatic heterocycles. The summed E-state index contributed by atoms with van der Waals surface area (Å²) in [6.07, 6.45) is 0. The van der Waals surface area contributed by atoms with Gasteiger partial charge in [-0.2, -0.15) is 0 Å². The van der Waals surface area contributed by atoms with Crippen LogP contribution in [-0.4, -0.2) is 19.9 Å². The number of hydrogen-bond donors (Lipinski definition) is 2. The van der Waals surface area contributed by atoms with Crippen LogP contribution in [0.2, 0.25) is 0 Å². The van der Waals surface area contributed by atoms with Gasteiger partial charge in [-0.3, -0.25) is 0 Å². The molecule has 0 aromatic heterocycles. The second kappa shape index (κ2) is 4.59. The summed E-state index contributed by atoms with van der Waals surface area (Å²) in [7, 11) is 0. The van der Waals surface area contributed by atoms with Crippen LogP contribution in [0.25, 0.3) is 0 Å². The molecule has 1 aromatic rings. The molecule has 5 nitrogen and oxygen atoms in total. The Hall–Kier alpha value is -1.46. The molecular weight excluding hydrogens is 208 g/mol. The molecule has 0 fully saturated rings. The van der Waals surface area contributed by atoms with Gasteiger partial charge in [-0.25, -0.2) is 0 Å². The molecule has 1 aromatic carbocycles. The molecule has 16 heavy (non-hydrogen) atoms. The van der Waals surface area contributed by atoms with Crippen molar-refractivity contribution < 1.29 is 14.2 Å². The van der Waals surface area contributed by atoms with Crippen molar-refractivity contribution in [1.29, 1.82) is 0 Å². The van der Waals surface area contributed by atoms with Gasteiger partial charge >= 0.3 is 0 Å². The van der Waals surface area contributed by atoms with Crippen molar-refractivity contribution in [3.05, 3.63) is 17.7 Å². The molecule has 0 aliphatic carbocycles. The summed E-state index contributed by atoms with van der Waals surface area (Å²) in [6, 6.07) is 3.39. The number of hydrogen-bond acceptors (Lipinski definition) is 5. The maximum Gasteiger partial charge on any atom is 0.231 e. The average Bonchev–Trinajstić information content (AvgIpc) is 2.74. The third-order valence-electron chi connectivity index (χ3n) is 2.46. The smallest absolute Gasteiger partial charge is 0.231 e. The van der Waals surface area contributed by atoms with Crippen molar-refractivity contribution in [3.8, 4) is 17.2 Å². The summed E-state index contributed by atoms with van der Waals surface area (Å²) in [6.45, 7) is 3.09. The summed E-state index contributed by atoms with van der Waals surface area (Å²) < 4.78 is 16.1. The zero-order valence-electron chi connectivity index (χ0n) is 9.23. The maximum atomic E-state index is 5.92. The predicted molar refractivity (Wildman–Crippen MR) is 59.7 cm³/mol. The van der Waals surface area contributed by atoms with Gasteiger partial charge in [-0.05, 0) is 13.0 Å². The zero-order chi connectivity index (χ0) is 11.5. The Morgan fingerprint density at radius 1 is 1.38 bits per heavy atom. The fourth-order valence-electron chi connectivity index (χ4n) is 1.64. The molecule has 4 N–H and O–H groups in total. The van der Waals surface area contributed by atoms with Crippen LogP contribution in [0.3, 0.4) is 0 Å². The fraction of sp³-hybridized carbons (Fsp3) is 0.455. The van der Waals surface area contributed by atoms with Crippen molar-refractivity contribution in [3.63, 3.8) is 0 Å². The summed E-state index contributed by atoms with van der Waals surface area (Å²) in [5, 5.41) is 0. The van der Waals surface area contributed by atoms with Crippen LogP contribution >= 0.6 is 0 Å². The molecular formula is C11H16N2O3. The van der Waals surface area contributed by atoms with Crippen molar-refractivity contribution in [2.24, 2.45) is 11.5 Å². The molecule has 0 radical (unpaired) electrons. The first kappa shape index (κ1) is 11.0. The molecule has 5 heteroatoms. The minimum atomic E-state index is -0.254. The lowest BCUT2D eigenvalue weighted by Gasteiger charge is -2.15. The van der Waals surface area contributed by atoms with Gasteiger partial charge in [0.25, 0.3) is 0 Å². The Labute approximate surface area is 94.3 Å². The first-order chi connectivity index (χ1) is 7.76. The minimum absolute atomic E-state index is 0.238. The van der Waals surface area contributed by atoms with Crippen LogP contribution in [0.5, 0.6) is 17.2 Å². The molecule has 1 atom stereocenters. The van der Waals surface area contributed by atoms with E-state index in [4.69, 9.17) is 25.7 Å². The van der Waals surface area contributed by atoms with Crippen molar-refractivity contribution in [2.75, 3.05) is 19.9 Å². The highest BCUT2D eigenvalue weighted by molar-refractivity contribution is 5.52. The van der Waals surface area contributed by atoms with Crippen LogP contribution < -0.4 is 25.7 Å². The zero-order valence-corrected chi connectivity index (χ0v) is 9.23. The maximum absolute atomic E-state index is 5.92. The number of nitrogens with two attached hydrogens (primary N) is 2. The molecule has 0 saturated carbocycles. The Bertz CT molecular complexity index is 382. The normalized spacial score (nSPS) is 14.9. The second-order valence-electron chi connectivity index (χ2n) is 3.52. The standard InChI is InChI=1S/C11H16N2O3/c1-2-14-9-4-11-10(15-6-16-11)3-7(9)8(13)5-12/h3-4,8H,2,5-6,12-13H2,1H3/t8-/m1/s1. The lowest BCUT2D eigenvalue weighted by molar-refractivity contribution is 0.173. The van der Waals surface area contributed by atoms with E-state index in [1.165, 1.54) is 0 Å². The predicted octanol–water partition coefficient (Wildman–Crippen LogP) is 0.772. The fourth-order valence-corrected chi connectivity index (χ4v) is 1.64. The summed E-state index contributed by atoms with van der Waals surface area (Å²) in [5.74, 6) is 2.10. The van der Waals surface area contributed by atoms with Crippen molar-refractivity contribution >= 4 is 0 Å². The van der Waals surface area contributed by atoms with E-state index >= 15 is 0 Å². The highest BCUT2D eigenvalue weighted by Crippen LogP contribution is 2.39. The number of fused-ring (bicyclic) bond motifs is 1. The van der Waals surface area contributed by atoms with E-state index in [9.17, 15) is 0 Å². The van der Waals surface area contributed by atoms with E-state index in [0.717, 1.165) is 5.56 Å². The largest absolute Gasteiger partial charge is 0.493 e. The van der Waals surface area contributed by atoms with Gasteiger partial charge in [-0.15, -0.1) is 0 Å². The summed E-state index contributed by atoms with van der Waals surface area (Å²) in [5.41, 5.74) is 12.3. The molecule has 0 saturated heterocycles. The van der Waals surface area contributed by atoms with E-state index in [1.54, 1.807) is 6.07 Å². The number of benzene rings is 1. The summed E-state index contributed by atoms with van der Waals surface area (Å²) >= 11 is 0. The monoisotopic (exact) mass is 224 g/mol. The minimum Gasteiger partial charge on any atom is -0.493 e. The van der Waals surface area contributed by atoms with Gasteiger partial charge in [0, 0.05) is 24.2 Å². The van der Waals surface area contributed by atoms with E-state index < -0.39 is 0 Å². The quantitative estimate of drug-likeness (QED) is 0.789. The first-order valence-corrected chi connectivity index (χ1v) is 5.28. The highest BCUT2D eigenvalue weighted by atomic mass is 16.7. The molecule has 1 aliphatic rings. The first-order valence-electron chi connectivity index (χ1n) is 5.28. The van der Waals surface area contributed by atoms with Crippen LogP contribution in [0, 0.1) is 0 Å². The van der Waals surface area contributed by atoms with Crippen molar-refractivity contribution in [1.82, 2.24) is 0 Å². The number of rotatable bonds is 4. The van der Waals surface area contributed by atoms with E-state index in [2.05, 4.69) is 0 Å². The Kier molecular flexibility index (Phi) is 3.17. The summed E-state index contributed by atoms with van der Waals surface area (Å²) in [4.78, 5) is 0. The van der Waals surface area contributed by atoms with Crippen LogP contribution in [-0.2, 0) is 0 Å². The van der Waals surface area contributed by atoms with E-state index in [-0.39, 0.29) is 12.8 Å². The van der Waals surface area contributed by atoms with Gasteiger partial charge in [-0.1, -0.05) is 0 Å². The van der Waals surface area contributed by atoms with Crippen LogP contribution in [0.4, 0.5) is 0 Å². The Morgan fingerprint density at radius 3 is 2.69 bits per heavy atom. The van der Waals surface area contributed by atoms with Gasteiger partial charge < -0.3 is 25.7 Å². The Balaban J connectivity index is 2.40. The topological polar surface area (TPSA) is 79.7 Å². The molecule has 88 valence electrons. The third kappa shape index (κ3) is 1.91. The molecule has 0 amide bonds. The van der Waals surface area contributed by atoms with Crippen molar-refractivity contribution in [2.45, 2.75) is 13.0 Å². The molecule has 1 heterocycles. The lowest BCUT2D eigenvalue weighted by Crippen LogP contribution is -2.21. The molecule has 0 spiro atoms. The van der Waals surface area contributed by atoms with Gasteiger partial charge in [0.05, 0.1) is 6.61 Å². The van der Waals surface area contributed by atoms with Crippen LogP contribution in [0.15, 0.2) is 12.1 Å². The van der Waals surface area contributed by atoms with Gasteiger partial charge in [0.2, 0.25) is 6.79 Å². The SMILES string of the molecule is CCOc1cc2c(cc1[C@H](N)CN)OCO2. The van der Waals surface area contributed by atoms with Crippen LogP contribution in [0.1, 0.15) is 18.5 Å². The Morgan fingerprint density at radius 2 is 2.06 bits per heavy atom. The van der Waals surface area contributed by atoms with E-state index in [0.29, 0.717) is 30.4 Å².